The zero-order chi connectivity index (χ0) is 21.1. The molecule has 30 heavy (non-hydrogen) atoms. The minimum Gasteiger partial charge on any atom is -0.508 e. The van der Waals surface area contributed by atoms with Gasteiger partial charge in [0.15, 0.2) is 11.5 Å². The number of methoxy groups -OCH3 is 2. The van der Waals surface area contributed by atoms with Gasteiger partial charge in [0.1, 0.15) is 11.9 Å². The normalized spacial score (nSPS) is 18.6. The molecule has 3 aromatic rings. The van der Waals surface area contributed by atoms with Crippen LogP contribution < -0.4 is 14.8 Å². The highest BCUT2D eigenvalue weighted by Gasteiger charge is 2.28. The first-order valence-electron chi connectivity index (χ1n) is 9.67. The van der Waals surface area contributed by atoms with Crippen LogP contribution in [-0.2, 0) is 0 Å². The van der Waals surface area contributed by atoms with Gasteiger partial charge < -0.3 is 14.6 Å². The van der Waals surface area contributed by atoms with Gasteiger partial charge in [0.2, 0.25) is 0 Å². The van der Waals surface area contributed by atoms with E-state index < -0.39 is 0 Å². The number of nitrogens with one attached hydrogen (secondary N) is 1. The molecule has 6 heteroatoms. The minimum atomic E-state index is -0.274. The summed E-state index contributed by atoms with van der Waals surface area (Å²) in [6, 6.07) is 20.7. The molecule has 2 N–H and O–H groups in total. The van der Waals surface area contributed by atoms with Gasteiger partial charge in [-0.3, -0.25) is 10.3 Å². The van der Waals surface area contributed by atoms with E-state index in [-0.39, 0.29) is 18.0 Å². The predicted octanol–water partition coefficient (Wildman–Crippen LogP) is 5.29. The Hall–Kier alpha value is -3.02. The summed E-state index contributed by atoms with van der Waals surface area (Å²) in [5.74, 6) is 1.58. The molecule has 0 saturated heterocycles. The third kappa shape index (κ3) is 4.13. The van der Waals surface area contributed by atoms with Crippen LogP contribution in [-0.4, -0.2) is 25.0 Å². The van der Waals surface area contributed by atoms with Crippen molar-refractivity contribution >= 4 is 17.3 Å². The van der Waals surface area contributed by atoms with Crippen LogP contribution in [0, 0.1) is 0 Å². The maximum atomic E-state index is 10.4. The fraction of sp³-hybridized carbons (Fsp3) is 0.208. The third-order valence-electron chi connectivity index (χ3n) is 5.26. The molecule has 0 saturated carbocycles. The molecule has 1 aliphatic rings. The number of hydrogen-bond acceptors (Lipinski definition) is 5. The number of nitrogens with zero attached hydrogens (tertiary/aromatic N) is 1. The van der Waals surface area contributed by atoms with Crippen molar-refractivity contribution in [2.75, 3.05) is 14.2 Å². The standard InChI is InChI=1S/C24H23ClN2O3/c1-29-22-12-9-16(13-23(22)30-2)19-14-20(18-5-3-4-6-21(18)28)27-24(26-19)15-7-10-17(25)11-8-15/h3-13,20,24,27-28H,14H2,1-2H3/t20-,24-/m0/s1. The lowest BCUT2D eigenvalue weighted by molar-refractivity contribution is 0.355. The first-order valence-corrected chi connectivity index (χ1v) is 10.1. The van der Waals surface area contributed by atoms with Crippen molar-refractivity contribution in [2.24, 2.45) is 4.99 Å². The van der Waals surface area contributed by atoms with Crippen molar-refractivity contribution in [1.82, 2.24) is 5.32 Å². The number of hydrogen-bond donors (Lipinski definition) is 2. The zero-order valence-corrected chi connectivity index (χ0v) is 17.6. The fourth-order valence-electron chi connectivity index (χ4n) is 3.69. The highest BCUT2D eigenvalue weighted by atomic mass is 35.5. The van der Waals surface area contributed by atoms with E-state index in [1.165, 1.54) is 0 Å². The van der Waals surface area contributed by atoms with Gasteiger partial charge in [0.25, 0.3) is 0 Å². The quantitative estimate of drug-likeness (QED) is 0.586. The van der Waals surface area contributed by atoms with E-state index in [1.807, 2.05) is 60.7 Å². The van der Waals surface area contributed by atoms with E-state index in [0.29, 0.717) is 22.9 Å². The molecule has 0 spiro atoms. The van der Waals surface area contributed by atoms with Crippen LogP contribution in [0.25, 0.3) is 0 Å². The number of benzene rings is 3. The van der Waals surface area contributed by atoms with Crippen molar-refractivity contribution in [2.45, 2.75) is 18.6 Å². The second kappa shape index (κ2) is 8.78. The first kappa shape index (κ1) is 20.3. The minimum absolute atomic E-state index is 0.104. The van der Waals surface area contributed by atoms with Gasteiger partial charge in [-0.2, -0.15) is 0 Å². The van der Waals surface area contributed by atoms with Gasteiger partial charge in [-0.05, 0) is 47.5 Å². The molecule has 1 heterocycles. The summed E-state index contributed by atoms with van der Waals surface area (Å²) < 4.78 is 10.8. The molecule has 0 radical (unpaired) electrons. The summed E-state index contributed by atoms with van der Waals surface area (Å²) >= 11 is 6.07. The van der Waals surface area contributed by atoms with Crippen molar-refractivity contribution in [3.8, 4) is 17.2 Å². The summed E-state index contributed by atoms with van der Waals surface area (Å²) in [6.07, 6.45) is 0.348. The Morgan fingerprint density at radius 3 is 2.40 bits per heavy atom. The lowest BCUT2D eigenvalue weighted by Crippen LogP contribution is -2.33. The van der Waals surface area contributed by atoms with Crippen LogP contribution >= 0.6 is 11.6 Å². The average molecular weight is 423 g/mol. The Morgan fingerprint density at radius 2 is 1.70 bits per heavy atom. The lowest BCUT2D eigenvalue weighted by Gasteiger charge is -2.31. The lowest BCUT2D eigenvalue weighted by atomic mass is 9.93. The largest absolute Gasteiger partial charge is 0.508 e. The Labute approximate surface area is 180 Å². The molecular formula is C24H23ClN2O3. The number of ether oxygens (including phenoxy) is 2. The number of aromatic hydroxyl groups is 1. The van der Waals surface area contributed by atoms with Gasteiger partial charge in [0, 0.05) is 28.8 Å². The summed E-state index contributed by atoms with van der Waals surface area (Å²) in [4.78, 5) is 4.97. The molecule has 5 nitrogen and oxygen atoms in total. The molecule has 0 amide bonds. The molecule has 0 bridgehead atoms. The Kier molecular flexibility index (Phi) is 5.93. The Bertz CT molecular complexity index is 1070. The van der Waals surface area contributed by atoms with Gasteiger partial charge in [-0.1, -0.05) is 41.9 Å². The monoisotopic (exact) mass is 422 g/mol. The average Bonchev–Trinajstić information content (AvgIpc) is 2.79. The smallest absolute Gasteiger partial charge is 0.161 e. The maximum Gasteiger partial charge on any atom is 0.161 e. The Morgan fingerprint density at radius 1 is 0.967 bits per heavy atom. The molecular weight excluding hydrogens is 400 g/mol. The van der Waals surface area contributed by atoms with Gasteiger partial charge in [-0.15, -0.1) is 0 Å². The van der Waals surface area contributed by atoms with E-state index in [2.05, 4.69) is 5.32 Å². The van der Waals surface area contributed by atoms with Crippen LogP contribution in [0.2, 0.25) is 5.02 Å². The topological polar surface area (TPSA) is 63.1 Å². The van der Waals surface area contributed by atoms with Crippen LogP contribution in [0.5, 0.6) is 17.2 Å². The van der Waals surface area contributed by atoms with Crippen LogP contribution in [0.4, 0.5) is 0 Å². The number of phenolic OH excluding ortho intramolecular Hbond substituents is 1. The Balaban J connectivity index is 1.77. The predicted molar refractivity (Wildman–Crippen MR) is 119 cm³/mol. The van der Waals surface area contributed by atoms with E-state index in [1.54, 1.807) is 20.3 Å². The summed E-state index contributed by atoms with van der Waals surface area (Å²) in [5, 5.41) is 14.7. The second-order valence-corrected chi connectivity index (χ2v) is 7.52. The van der Waals surface area contributed by atoms with Crippen molar-refractivity contribution < 1.29 is 14.6 Å². The van der Waals surface area contributed by atoms with Gasteiger partial charge >= 0.3 is 0 Å². The van der Waals surface area contributed by atoms with Crippen LogP contribution in [0.15, 0.2) is 71.7 Å². The van der Waals surface area contributed by atoms with Crippen LogP contribution in [0.1, 0.15) is 35.3 Å². The fourth-order valence-corrected chi connectivity index (χ4v) is 3.82. The third-order valence-corrected chi connectivity index (χ3v) is 5.51. The van der Waals surface area contributed by atoms with Crippen molar-refractivity contribution in [3.63, 3.8) is 0 Å². The molecule has 4 rings (SSSR count). The number of aliphatic imine (C=N–C) groups is 1. The first-order chi connectivity index (χ1) is 14.6. The van der Waals surface area contributed by atoms with Gasteiger partial charge in [-0.25, -0.2) is 0 Å². The summed E-state index contributed by atoms with van der Waals surface area (Å²) in [5.41, 5.74) is 3.71. The van der Waals surface area contributed by atoms with Gasteiger partial charge in [0.05, 0.1) is 14.2 Å². The summed E-state index contributed by atoms with van der Waals surface area (Å²) in [6.45, 7) is 0. The van der Waals surface area contributed by atoms with Crippen LogP contribution in [0.3, 0.4) is 0 Å². The number of phenols is 1. The SMILES string of the molecule is COc1ccc(C2=N[C@H](c3ccc(Cl)cc3)N[C@H](c3ccccc3O)C2)cc1OC. The highest BCUT2D eigenvalue weighted by molar-refractivity contribution is 6.30. The second-order valence-electron chi connectivity index (χ2n) is 7.08. The molecule has 3 aromatic carbocycles. The molecule has 0 fully saturated rings. The number of halogens is 1. The molecule has 154 valence electrons. The molecule has 0 unspecified atom stereocenters. The zero-order valence-electron chi connectivity index (χ0n) is 16.8. The molecule has 2 atom stereocenters. The number of para-hydroxylation sites is 1. The maximum absolute atomic E-state index is 10.4. The summed E-state index contributed by atoms with van der Waals surface area (Å²) in [7, 11) is 3.23. The highest BCUT2D eigenvalue weighted by Crippen LogP contribution is 2.36. The number of rotatable bonds is 5. The van der Waals surface area contributed by atoms with E-state index in [9.17, 15) is 5.11 Å². The van der Waals surface area contributed by atoms with E-state index in [0.717, 1.165) is 22.4 Å². The molecule has 0 aliphatic carbocycles. The van der Waals surface area contributed by atoms with Crippen molar-refractivity contribution in [3.05, 3.63) is 88.4 Å². The molecule has 0 aromatic heterocycles. The van der Waals surface area contributed by atoms with E-state index in [4.69, 9.17) is 26.1 Å². The van der Waals surface area contributed by atoms with Crippen molar-refractivity contribution in [1.29, 1.82) is 0 Å². The van der Waals surface area contributed by atoms with E-state index >= 15 is 0 Å². The molecule has 1 aliphatic heterocycles.